The number of rotatable bonds is 6. The number of anilines is 3. The van der Waals surface area contributed by atoms with E-state index in [4.69, 9.17) is 19.9 Å². The van der Waals surface area contributed by atoms with Crippen LogP contribution in [-0.2, 0) is 5.41 Å². The Morgan fingerprint density at radius 2 is 0.786 bits per heavy atom. The number of fused-ring (bicyclic) bond motifs is 12. The molecule has 0 atom stereocenters. The van der Waals surface area contributed by atoms with Crippen molar-refractivity contribution in [1.29, 1.82) is 0 Å². The summed E-state index contributed by atoms with van der Waals surface area (Å²) in [7, 11) is 0. The topological polar surface area (TPSA) is 54.8 Å². The first-order valence-corrected chi connectivity index (χ1v) is 23.8. The molecule has 12 aromatic rings. The molecule has 3 heterocycles. The highest BCUT2D eigenvalue weighted by Gasteiger charge is 2.52. The van der Waals surface area contributed by atoms with Crippen molar-refractivity contribution in [2.75, 3.05) is 4.90 Å². The van der Waals surface area contributed by atoms with Crippen molar-refractivity contribution >= 4 is 38.7 Å². The van der Waals surface area contributed by atoms with E-state index >= 15 is 0 Å². The molecule has 10 aromatic carbocycles. The van der Waals surface area contributed by atoms with Gasteiger partial charge in [-0.3, -0.25) is 0 Å². The van der Waals surface area contributed by atoms with Crippen LogP contribution in [0, 0.1) is 0 Å². The number of aromatic nitrogens is 4. The fraction of sp³-hybridized carbons (Fsp3) is 0.0154. The first-order chi connectivity index (χ1) is 34.7. The number of benzene rings is 10. The molecule has 2 aliphatic rings. The van der Waals surface area contributed by atoms with E-state index in [0.29, 0.717) is 17.5 Å². The lowest BCUT2D eigenvalue weighted by Gasteiger charge is -2.45. The van der Waals surface area contributed by atoms with Crippen LogP contribution < -0.4 is 4.90 Å². The minimum atomic E-state index is -0.670. The van der Waals surface area contributed by atoms with Crippen molar-refractivity contribution in [3.63, 3.8) is 0 Å². The highest BCUT2D eigenvalue weighted by atomic mass is 15.2. The summed E-state index contributed by atoms with van der Waals surface area (Å²) in [5, 5.41) is 3.44. The van der Waals surface area contributed by atoms with Gasteiger partial charge in [-0.15, -0.1) is 0 Å². The van der Waals surface area contributed by atoms with Gasteiger partial charge in [-0.25, -0.2) is 19.9 Å². The van der Waals surface area contributed by atoms with Gasteiger partial charge >= 0.3 is 0 Å². The molecular formula is C65H41N5. The lowest BCUT2D eigenvalue weighted by atomic mass is 9.64. The Morgan fingerprint density at radius 1 is 0.300 bits per heavy atom. The van der Waals surface area contributed by atoms with Crippen LogP contribution in [0.3, 0.4) is 0 Å². The van der Waals surface area contributed by atoms with Gasteiger partial charge in [-0.05, 0) is 92.4 Å². The van der Waals surface area contributed by atoms with E-state index in [1.54, 1.807) is 0 Å². The Bertz CT molecular complexity index is 3880. The van der Waals surface area contributed by atoms with E-state index in [9.17, 15) is 0 Å². The van der Waals surface area contributed by atoms with Crippen LogP contribution in [-0.4, -0.2) is 19.9 Å². The molecule has 0 fully saturated rings. The maximum atomic E-state index is 5.42. The van der Waals surface area contributed by atoms with Crippen molar-refractivity contribution in [2.24, 2.45) is 0 Å². The third kappa shape index (κ3) is 6.05. The molecule has 0 saturated heterocycles. The largest absolute Gasteiger partial charge is 0.310 e. The maximum absolute atomic E-state index is 5.42. The molecule has 70 heavy (non-hydrogen) atoms. The Hall–Kier alpha value is -9.32. The summed E-state index contributed by atoms with van der Waals surface area (Å²) in [6.07, 6.45) is 0. The second-order valence-corrected chi connectivity index (χ2v) is 18.1. The number of pyridine rings is 1. The summed E-state index contributed by atoms with van der Waals surface area (Å²) in [5.74, 6) is 1.90. The maximum Gasteiger partial charge on any atom is 0.164 e. The van der Waals surface area contributed by atoms with Crippen molar-refractivity contribution in [3.8, 4) is 67.7 Å². The van der Waals surface area contributed by atoms with Gasteiger partial charge in [0.25, 0.3) is 0 Å². The molecule has 5 nitrogen and oxygen atoms in total. The lowest BCUT2D eigenvalue weighted by molar-refractivity contribution is 0.754. The van der Waals surface area contributed by atoms with Gasteiger partial charge in [0, 0.05) is 38.7 Å². The predicted octanol–water partition coefficient (Wildman–Crippen LogP) is 16.1. The fourth-order valence-electron chi connectivity index (χ4n) is 11.3. The predicted molar refractivity (Wildman–Crippen MR) is 285 cm³/mol. The molecule has 0 bridgehead atoms. The Balaban J connectivity index is 1.04. The van der Waals surface area contributed by atoms with E-state index < -0.39 is 5.41 Å². The minimum Gasteiger partial charge on any atom is -0.310 e. The minimum absolute atomic E-state index is 0.625. The third-order valence-electron chi connectivity index (χ3n) is 14.3. The highest BCUT2D eigenvalue weighted by molar-refractivity contribution is 6.14. The zero-order valence-corrected chi connectivity index (χ0v) is 37.9. The quantitative estimate of drug-likeness (QED) is 0.156. The van der Waals surface area contributed by atoms with Gasteiger partial charge in [0.1, 0.15) is 0 Å². The van der Waals surface area contributed by atoms with Gasteiger partial charge in [0.15, 0.2) is 17.5 Å². The zero-order valence-electron chi connectivity index (χ0n) is 37.9. The van der Waals surface area contributed by atoms with Crippen molar-refractivity contribution < 1.29 is 0 Å². The van der Waals surface area contributed by atoms with Crippen LogP contribution in [0.15, 0.2) is 249 Å². The Morgan fingerprint density at radius 3 is 1.40 bits per heavy atom. The molecule has 5 heteroatoms. The molecule has 0 N–H and O–H groups in total. The van der Waals surface area contributed by atoms with E-state index in [2.05, 4.69) is 193 Å². The van der Waals surface area contributed by atoms with E-state index in [1.165, 1.54) is 38.8 Å². The van der Waals surface area contributed by atoms with Gasteiger partial charge in [0.2, 0.25) is 0 Å². The molecule has 1 aliphatic heterocycles. The van der Waals surface area contributed by atoms with Crippen LogP contribution in [0.2, 0.25) is 0 Å². The summed E-state index contributed by atoms with van der Waals surface area (Å²) in [6.45, 7) is 0. The summed E-state index contributed by atoms with van der Waals surface area (Å²) < 4.78 is 0. The normalized spacial score (nSPS) is 12.9. The van der Waals surface area contributed by atoms with Crippen LogP contribution in [0.4, 0.5) is 17.1 Å². The van der Waals surface area contributed by atoms with E-state index in [1.807, 2.05) is 60.7 Å². The number of hydrogen-bond acceptors (Lipinski definition) is 5. The molecule has 0 radical (unpaired) electrons. The summed E-state index contributed by atoms with van der Waals surface area (Å²) in [5.41, 5.74) is 18.3. The van der Waals surface area contributed by atoms with E-state index in [-0.39, 0.29) is 0 Å². The Kier molecular flexibility index (Phi) is 9.04. The molecule has 326 valence electrons. The monoisotopic (exact) mass is 891 g/mol. The summed E-state index contributed by atoms with van der Waals surface area (Å²) in [6, 6.07) is 89.0. The average molecular weight is 892 g/mol. The van der Waals surface area contributed by atoms with Gasteiger partial charge in [0.05, 0.1) is 28.0 Å². The molecule has 0 amide bonds. The zero-order chi connectivity index (χ0) is 46.2. The molecule has 1 aliphatic carbocycles. The summed E-state index contributed by atoms with van der Waals surface area (Å²) >= 11 is 0. The molecular weight excluding hydrogens is 851 g/mol. The second kappa shape index (κ2) is 15.9. The first kappa shape index (κ1) is 39.8. The lowest BCUT2D eigenvalue weighted by Crippen LogP contribution is -2.36. The molecule has 0 unspecified atom stereocenters. The van der Waals surface area contributed by atoms with Crippen molar-refractivity contribution in [1.82, 2.24) is 19.9 Å². The van der Waals surface area contributed by atoms with Crippen LogP contribution in [0.25, 0.3) is 89.4 Å². The fourth-order valence-corrected chi connectivity index (χ4v) is 11.3. The van der Waals surface area contributed by atoms with Crippen molar-refractivity contribution in [2.45, 2.75) is 5.41 Å². The SMILES string of the molecule is c1ccc(-c2nc(-c3ccccc3)nc(-c3ccc(-c4cccc5c4-c4cc6c(-c7ccccc7)nc7ccccc7c6cc4C54c5ccccc5N(c5ccccc5)c5ccccc54)cc3)n2)cc1. The summed E-state index contributed by atoms with van der Waals surface area (Å²) in [4.78, 5) is 23.0. The van der Waals surface area contributed by atoms with Crippen molar-refractivity contribution in [3.05, 3.63) is 271 Å². The van der Waals surface area contributed by atoms with Crippen LogP contribution >= 0.6 is 0 Å². The number of nitrogens with zero attached hydrogens (tertiary/aromatic N) is 5. The number of para-hydroxylation sites is 4. The smallest absolute Gasteiger partial charge is 0.164 e. The second-order valence-electron chi connectivity index (χ2n) is 18.1. The Labute approximate surface area is 405 Å². The molecule has 2 aromatic heterocycles. The van der Waals surface area contributed by atoms with Gasteiger partial charge < -0.3 is 4.90 Å². The van der Waals surface area contributed by atoms with Crippen LogP contribution in [0.5, 0.6) is 0 Å². The molecule has 1 spiro atoms. The van der Waals surface area contributed by atoms with E-state index in [0.717, 1.165) is 72.4 Å². The molecule has 0 saturated carbocycles. The first-order valence-electron chi connectivity index (χ1n) is 23.8. The van der Waals surface area contributed by atoms with Crippen LogP contribution in [0.1, 0.15) is 22.3 Å². The standard InChI is InChI=1S/C65H41N5/c1-5-20-43(21-6-1)61-51-40-52-56(41-50(51)49-28-13-16-33-57(49)66-61)65(53-30-14-17-34-58(53)70(47-26-11-4-12-27-47)59-35-18-15-31-54(59)65)55-32-19-29-48(60(52)55)42-36-38-46(39-37-42)64-68-62(44-22-7-2-8-23-44)67-63(69-64)45-24-9-3-10-25-45/h1-41H. The average Bonchev–Trinajstić information content (AvgIpc) is 3.73. The molecule has 14 rings (SSSR count). The number of hydrogen-bond donors (Lipinski definition) is 0. The van der Waals surface area contributed by atoms with Gasteiger partial charge in [-0.2, -0.15) is 0 Å². The third-order valence-corrected chi connectivity index (χ3v) is 14.3. The van der Waals surface area contributed by atoms with Gasteiger partial charge in [-0.1, -0.05) is 206 Å². The highest BCUT2D eigenvalue weighted by Crippen LogP contribution is 2.65.